The van der Waals surface area contributed by atoms with E-state index in [0.717, 1.165) is 20.2 Å². The number of hydrogen-bond acceptors (Lipinski definition) is 2. The van der Waals surface area contributed by atoms with Crippen LogP contribution in [-0.2, 0) is 4.79 Å². The third-order valence-corrected chi connectivity index (χ3v) is 4.31. The van der Waals surface area contributed by atoms with Crippen molar-refractivity contribution in [3.63, 3.8) is 0 Å². The van der Waals surface area contributed by atoms with Crippen molar-refractivity contribution >= 4 is 43.5 Å². The van der Waals surface area contributed by atoms with E-state index in [1.807, 2.05) is 55.5 Å². The molecule has 0 aliphatic heterocycles. The number of amides is 1. The summed E-state index contributed by atoms with van der Waals surface area (Å²) in [6.07, 6.45) is 0. The van der Waals surface area contributed by atoms with Crippen LogP contribution in [0, 0.1) is 0 Å². The molecule has 0 heterocycles. The summed E-state index contributed by atoms with van der Waals surface area (Å²) in [6, 6.07) is 15.7. The molecule has 2 N–H and O–H groups in total. The Morgan fingerprint density at radius 3 is 2.43 bits per heavy atom. The summed E-state index contributed by atoms with van der Waals surface area (Å²) >= 11 is 6.82. The van der Waals surface area contributed by atoms with E-state index >= 15 is 0 Å². The molecule has 3 nitrogen and oxygen atoms in total. The van der Waals surface area contributed by atoms with E-state index in [0.29, 0.717) is 0 Å². The van der Waals surface area contributed by atoms with Gasteiger partial charge in [0, 0.05) is 15.0 Å². The van der Waals surface area contributed by atoms with Gasteiger partial charge >= 0.3 is 0 Å². The second-order valence-electron chi connectivity index (χ2n) is 4.68. The lowest BCUT2D eigenvalue weighted by Crippen LogP contribution is -2.30. The highest BCUT2D eigenvalue weighted by Crippen LogP contribution is 2.21. The summed E-state index contributed by atoms with van der Waals surface area (Å²) in [5, 5.41) is 6.09. The minimum atomic E-state index is -0.0640. The van der Waals surface area contributed by atoms with Crippen LogP contribution < -0.4 is 10.6 Å². The number of anilines is 1. The molecule has 0 spiro atoms. The van der Waals surface area contributed by atoms with E-state index in [-0.39, 0.29) is 18.5 Å². The van der Waals surface area contributed by atoms with Crippen LogP contribution in [0.2, 0.25) is 0 Å². The average molecular weight is 412 g/mol. The normalized spacial score (nSPS) is 12.0. The van der Waals surface area contributed by atoms with Gasteiger partial charge in [-0.1, -0.05) is 40.2 Å². The second-order valence-corrected chi connectivity index (χ2v) is 6.45. The molecule has 0 saturated carbocycles. The van der Waals surface area contributed by atoms with Gasteiger partial charge in [-0.15, -0.1) is 0 Å². The Balaban J connectivity index is 1.86. The van der Waals surface area contributed by atoms with Crippen molar-refractivity contribution < 1.29 is 4.79 Å². The smallest absolute Gasteiger partial charge is 0.238 e. The Labute approximate surface area is 141 Å². The zero-order chi connectivity index (χ0) is 15.2. The standard InChI is InChI=1S/C16H16Br2N2O/c1-11(12-6-8-13(17)9-7-12)19-10-16(21)20-15-5-3-2-4-14(15)18/h2-9,11,19H,10H2,1H3,(H,20,21)/t11-/m1/s1. The van der Waals surface area contributed by atoms with Crippen molar-refractivity contribution in [2.45, 2.75) is 13.0 Å². The number of nitrogens with one attached hydrogen (secondary N) is 2. The van der Waals surface area contributed by atoms with Crippen molar-refractivity contribution in [3.05, 3.63) is 63.0 Å². The van der Waals surface area contributed by atoms with Gasteiger partial charge in [-0.25, -0.2) is 0 Å². The van der Waals surface area contributed by atoms with Crippen molar-refractivity contribution in [2.24, 2.45) is 0 Å². The summed E-state index contributed by atoms with van der Waals surface area (Å²) in [4.78, 5) is 12.0. The molecule has 21 heavy (non-hydrogen) atoms. The van der Waals surface area contributed by atoms with Crippen LogP contribution in [0.15, 0.2) is 57.5 Å². The SMILES string of the molecule is C[C@@H](NCC(=O)Nc1ccccc1Br)c1ccc(Br)cc1. The topological polar surface area (TPSA) is 41.1 Å². The van der Waals surface area contributed by atoms with Gasteiger partial charge < -0.3 is 10.6 Å². The molecule has 1 atom stereocenters. The summed E-state index contributed by atoms with van der Waals surface area (Å²) in [5.74, 6) is -0.0640. The quantitative estimate of drug-likeness (QED) is 0.760. The Hall–Kier alpha value is -1.17. The molecule has 1 amide bonds. The molecule has 2 aromatic carbocycles. The predicted molar refractivity (Wildman–Crippen MR) is 93.3 cm³/mol. The van der Waals surface area contributed by atoms with Crippen LogP contribution >= 0.6 is 31.9 Å². The molecule has 0 aromatic heterocycles. The number of carbonyl (C=O) groups is 1. The summed E-state index contributed by atoms with van der Waals surface area (Å²) in [6.45, 7) is 2.30. The van der Waals surface area contributed by atoms with Crippen molar-refractivity contribution in [1.29, 1.82) is 0 Å². The largest absolute Gasteiger partial charge is 0.324 e. The third kappa shape index (κ3) is 4.95. The number of hydrogen-bond donors (Lipinski definition) is 2. The number of carbonyl (C=O) groups excluding carboxylic acids is 1. The maximum Gasteiger partial charge on any atom is 0.238 e. The first-order valence-corrected chi connectivity index (χ1v) is 8.18. The van der Waals surface area contributed by atoms with Gasteiger partial charge in [-0.05, 0) is 52.7 Å². The molecule has 0 unspecified atom stereocenters. The first-order valence-electron chi connectivity index (χ1n) is 6.59. The predicted octanol–water partition coefficient (Wildman–Crippen LogP) is 4.50. The van der Waals surface area contributed by atoms with Crippen LogP contribution in [0.3, 0.4) is 0 Å². The highest BCUT2D eigenvalue weighted by Gasteiger charge is 2.09. The first kappa shape index (κ1) is 16.2. The molecule has 5 heteroatoms. The molecule has 2 rings (SSSR count). The molecule has 0 radical (unpaired) electrons. The molecular formula is C16H16Br2N2O. The summed E-state index contributed by atoms with van der Waals surface area (Å²) < 4.78 is 1.92. The Morgan fingerprint density at radius 1 is 1.10 bits per heavy atom. The summed E-state index contributed by atoms with van der Waals surface area (Å²) in [5.41, 5.74) is 1.92. The molecule has 0 aliphatic rings. The van der Waals surface area contributed by atoms with E-state index in [1.165, 1.54) is 0 Å². The summed E-state index contributed by atoms with van der Waals surface area (Å²) in [7, 11) is 0. The van der Waals surface area contributed by atoms with E-state index in [1.54, 1.807) is 0 Å². The lowest BCUT2D eigenvalue weighted by molar-refractivity contribution is -0.115. The first-order chi connectivity index (χ1) is 10.1. The van der Waals surface area contributed by atoms with Gasteiger partial charge in [0.1, 0.15) is 0 Å². The van der Waals surface area contributed by atoms with Crippen molar-refractivity contribution in [1.82, 2.24) is 5.32 Å². The second kappa shape index (κ2) is 7.73. The van der Waals surface area contributed by atoms with Crippen molar-refractivity contribution in [2.75, 3.05) is 11.9 Å². The number of halogens is 2. The minimum absolute atomic E-state index is 0.0640. The Bertz CT molecular complexity index is 614. The fourth-order valence-electron chi connectivity index (χ4n) is 1.87. The highest BCUT2D eigenvalue weighted by molar-refractivity contribution is 9.10. The zero-order valence-corrected chi connectivity index (χ0v) is 14.7. The van der Waals surface area contributed by atoms with Crippen LogP contribution in [0.5, 0.6) is 0 Å². The Morgan fingerprint density at radius 2 is 1.76 bits per heavy atom. The van der Waals surface area contributed by atoms with Crippen molar-refractivity contribution in [3.8, 4) is 0 Å². The van der Waals surface area contributed by atoms with Crippen LogP contribution in [-0.4, -0.2) is 12.5 Å². The number of rotatable bonds is 5. The van der Waals surface area contributed by atoms with Gasteiger partial charge in [0.15, 0.2) is 0 Å². The van der Waals surface area contributed by atoms with E-state index in [2.05, 4.69) is 42.5 Å². The van der Waals surface area contributed by atoms with E-state index in [4.69, 9.17) is 0 Å². The highest BCUT2D eigenvalue weighted by atomic mass is 79.9. The lowest BCUT2D eigenvalue weighted by Gasteiger charge is -2.14. The molecule has 110 valence electrons. The molecule has 0 bridgehead atoms. The maximum atomic E-state index is 12.0. The van der Waals surface area contributed by atoms with Crippen LogP contribution in [0.1, 0.15) is 18.5 Å². The zero-order valence-electron chi connectivity index (χ0n) is 11.6. The molecular weight excluding hydrogens is 396 g/mol. The maximum absolute atomic E-state index is 12.0. The fraction of sp³-hybridized carbons (Fsp3) is 0.188. The minimum Gasteiger partial charge on any atom is -0.324 e. The van der Waals surface area contributed by atoms with Gasteiger partial charge in [0.25, 0.3) is 0 Å². The third-order valence-electron chi connectivity index (χ3n) is 3.09. The lowest BCUT2D eigenvalue weighted by atomic mass is 10.1. The Kier molecular flexibility index (Phi) is 5.96. The average Bonchev–Trinajstić information content (AvgIpc) is 2.48. The van der Waals surface area contributed by atoms with Crippen LogP contribution in [0.4, 0.5) is 5.69 Å². The van der Waals surface area contributed by atoms with Gasteiger partial charge in [-0.2, -0.15) is 0 Å². The number of benzene rings is 2. The van der Waals surface area contributed by atoms with Gasteiger partial charge in [0.2, 0.25) is 5.91 Å². The van der Waals surface area contributed by atoms with Crippen LogP contribution in [0.25, 0.3) is 0 Å². The molecule has 0 aliphatic carbocycles. The molecule has 0 saturated heterocycles. The number of para-hydroxylation sites is 1. The molecule has 0 fully saturated rings. The monoisotopic (exact) mass is 410 g/mol. The molecule has 2 aromatic rings. The fourth-order valence-corrected chi connectivity index (χ4v) is 2.52. The van der Waals surface area contributed by atoms with Gasteiger partial charge in [0.05, 0.1) is 12.2 Å². The van der Waals surface area contributed by atoms with E-state index < -0.39 is 0 Å². The van der Waals surface area contributed by atoms with Gasteiger partial charge in [-0.3, -0.25) is 4.79 Å². The van der Waals surface area contributed by atoms with E-state index in [9.17, 15) is 4.79 Å².